The van der Waals surface area contributed by atoms with Gasteiger partial charge in [-0.05, 0) is 48.9 Å². The van der Waals surface area contributed by atoms with E-state index in [4.69, 9.17) is 11.6 Å². The minimum Gasteiger partial charge on any atom is -0.388 e. The summed E-state index contributed by atoms with van der Waals surface area (Å²) in [5.74, 6) is -0.721. The highest BCUT2D eigenvalue weighted by molar-refractivity contribution is 6.33. The molecule has 0 saturated heterocycles. The Bertz CT molecular complexity index is 658. The van der Waals surface area contributed by atoms with Crippen LogP contribution in [0.2, 0.25) is 5.02 Å². The molecule has 0 radical (unpaired) electrons. The Hall–Kier alpha value is -2.07. The number of amides is 1. The van der Waals surface area contributed by atoms with E-state index in [1.807, 2.05) is 26.1 Å². The summed E-state index contributed by atoms with van der Waals surface area (Å²) in [5, 5.41) is 5.85. The number of hydrogen-bond donors (Lipinski definition) is 2. The Morgan fingerprint density at radius 1 is 1.20 bits per heavy atom. The average Bonchev–Trinajstić information content (AvgIpc) is 2.41. The predicted octanol–water partition coefficient (Wildman–Crippen LogP) is 4.08. The molecule has 104 valence electrons. The summed E-state index contributed by atoms with van der Waals surface area (Å²) in [7, 11) is 1.81. The lowest BCUT2D eigenvalue weighted by Gasteiger charge is -2.10. The van der Waals surface area contributed by atoms with Gasteiger partial charge in [0.2, 0.25) is 0 Å². The summed E-state index contributed by atoms with van der Waals surface area (Å²) in [4.78, 5) is 12.2. The van der Waals surface area contributed by atoms with Crippen LogP contribution in [0.4, 0.5) is 15.8 Å². The van der Waals surface area contributed by atoms with Crippen molar-refractivity contribution in [2.24, 2.45) is 0 Å². The third-order valence-corrected chi connectivity index (χ3v) is 3.25. The largest absolute Gasteiger partial charge is 0.388 e. The molecule has 0 aliphatic heterocycles. The normalized spacial score (nSPS) is 10.2. The van der Waals surface area contributed by atoms with Crippen molar-refractivity contribution in [3.8, 4) is 0 Å². The van der Waals surface area contributed by atoms with Crippen LogP contribution < -0.4 is 10.6 Å². The lowest BCUT2D eigenvalue weighted by molar-refractivity contribution is 0.102. The van der Waals surface area contributed by atoms with Crippen LogP contribution >= 0.6 is 11.6 Å². The Morgan fingerprint density at radius 3 is 2.55 bits per heavy atom. The number of anilines is 2. The number of aryl methyl sites for hydroxylation is 1. The van der Waals surface area contributed by atoms with Gasteiger partial charge in [-0.3, -0.25) is 4.79 Å². The molecule has 1 amide bonds. The van der Waals surface area contributed by atoms with Crippen LogP contribution in [-0.4, -0.2) is 13.0 Å². The van der Waals surface area contributed by atoms with E-state index in [9.17, 15) is 9.18 Å². The van der Waals surface area contributed by atoms with E-state index in [1.165, 1.54) is 12.1 Å². The molecule has 2 rings (SSSR count). The quantitative estimate of drug-likeness (QED) is 0.895. The van der Waals surface area contributed by atoms with Crippen molar-refractivity contribution in [1.82, 2.24) is 0 Å². The SMILES string of the molecule is CNc1ccc(C(=O)Nc2ccc(F)cc2Cl)c(C)c1. The van der Waals surface area contributed by atoms with Crippen LogP contribution in [0.5, 0.6) is 0 Å². The average molecular weight is 293 g/mol. The standard InChI is InChI=1S/C15H14ClFN2O/c1-9-7-11(18-2)4-5-12(9)15(20)19-14-6-3-10(17)8-13(14)16/h3-8,18H,1-2H3,(H,19,20). The molecule has 2 aromatic carbocycles. The Labute approximate surface area is 121 Å². The van der Waals surface area contributed by atoms with E-state index >= 15 is 0 Å². The number of benzene rings is 2. The first kappa shape index (κ1) is 14.3. The third kappa shape index (κ3) is 3.08. The Balaban J connectivity index is 2.24. The second kappa shape index (κ2) is 5.92. The van der Waals surface area contributed by atoms with Crippen molar-refractivity contribution < 1.29 is 9.18 Å². The van der Waals surface area contributed by atoms with Crippen LogP contribution in [-0.2, 0) is 0 Å². The number of rotatable bonds is 3. The lowest BCUT2D eigenvalue weighted by Crippen LogP contribution is -2.13. The third-order valence-electron chi connectivity index (χ3n) is 2.94. The highest BCUT2D eigenvalue weighted by Crippen LogP contribution is 2.24. The molecule has 2 aromatic rings. The summed E-state index contributed by atoms with van der Waals surface area (Å²) in [6.07, 6.45) is 0. The number of nitrogens with one attached hydrogen (secondary N) is 2. The molecule has 3 nitrogen and oxygen atoms in total. The van der Waals surface area contributed by atoms with Crippen LogP contribution in [0.15, 0.2) is 36.4 Å². The van der Waals surface area contributed by atoms with Crippen molar-refractivity contribution >= 4 is 28.9 Å². The van der Waals surface area contributed by atoms with Gasteiger partial charge < -0.3 is 10.6 Å². The zero-order chi connectivity index (χ0) is 14.7. The first-order valence-corrected chi connectivity index (χ1v) is 6.44. The summed E-state index contributed by atoms with van der Waals surface area (Å²) < 4.78 is 13.0. The molecule has 0 heterocycles. The zero-order valence-corrected chi connectivity index (χ0v) is 11.9. The van der Waals surface area contributed by atoms with Gasteiger partial charge in [-0.15, -0.1) is 0 Å². The minimum absolute atomic E-state index is 0.169. The van der Waals surface area contributed by atoms with E-state index < -0.39 is 5.82 Å². The zero-order valence-electron chi connectivity index (χ0n) is 11.1. The summed E-state index contributed by atoms with van der Waals surface area (Å²) in [5.41, 5.74) is 2.70. The van der Waals surface area contributed by atoms with Gasteiger partial charge in [0, 0.05) is 18.3 Å². The molecule has 5 heteroatoms. The van der Waals surface area contributed by atoms with E-state index in [0.717, 1.165) is 17.3 Å². The van der Waals surface area contributed by atoms with Crippen molar-refractivity contribution in [3.05, 3.63) is 58.4 Å². The molecule has 0 unspecified atom stereocenters. The molecule has 20 heavy (non-hydrogen) atoms. The number of hydrogen-bond acceptors (Lipinski definition) is 2. The molecule has 0 saturated carbocycles. The first-order valence-electron chi connectivity index (χ1n) is 6.06. The fraction of sp³-hybridized carbons (Fsp3) is 0.133. The van der Waals surface area contributed by atoms with Crippen molar-refractivity contribution in [2.45, 2.75) is 6.92 Å². The highest BCUT2D eigenvalue weighted by Gasteiger charge is 2.11. The van der Waals surface area contributed by atoms with Gasteiger partial charge in [-0.2, -0.15) is 0 Å². The molecule has 0 aromatic heterocycles. The van der Waals surface area contributed by atoms with Crippen molar-refractivity contribution in [1.29, 1.82) is 0 Å². The molecular formula is C15H14ClFN2O. The fourth-order valence-corrected chi connectivity index (χ4v) is 2.07. The van der Waals surface area contributed by atoms with Gasteiger partial charge in [0.1, 0.15) is 5.82 Å². The summed E-state index contributed by atoms with van der Waals surface area (Å²) in [6.45, 7) is 1.85. The molecule has 0 bridgehead atoms. The lowest BCUT2D eigenvalue weighted by atomic mass is 10.1. The smallest absolute Gasteiger partial charge is 0.255 e. The van der Waals surface area contributed by atoms with Crippen LogP contribution in [0.3, 0.4) is 0 Å². The summed E-state index contributed by atoms with van der Waals surface area (Å²) in [6, 6.07) is 9.27. The Morgan fingerprint density at radius 2 is 1.95 bits per heavy atom. The van der Waals surface area contributed by atoms with Crippen LogP contribution in [0.1, 0.15) is 15.9 Å². The van der Waals surface area contributed by atoms with Gasteiger partial charge in [0.05, 0.1) is 10.7 Å². The molecule has 0 aliphatic rings. The van der Waals surface area contributed by atoms with Crippen molar-refractivity contribution in [3.63, 3.8) is 0 Å². The van der Waals surface area contributed by atoms with Gasteiger partial charge in [-0.25, -0.2) is 4.39 Å². The molecular weight excluding hydrogens is 279 g/mol. The van der Waals surface area contributed by atoms with E-state index in [2.05, 4.69) is 10.6 Å². The molecule has 0 spiro atoms. The maximum absolute atomic E-state index is 13.0. The topological polar surface area (TPSA) is 41.1 Å². The number of carbonyl (C=O) groups is 1. The van der Waals surface area contributed by atoms with E-state index in [1.54, 1.807) is 6.07 Å². The van der Waals surface area contributed by atoms with Crippen LogP contribution in [0, 0.1) is 12.7 Å². The second-order valence-corrected chi connectivity index (χ2v) is 4.77. The first-order chi connectivity index (χ1) is 9.51. The van der Waals surface area contributed by atoms with E-state index in [-0.39, 0.29) is 10.9 Å². The number of carbonyl (C=O) groups excluding carboxylic acids is 1. The van der Waals surface area contributed by atoms with Gasteiger partial charge >= 0.3 is 0 Å². The fourth-order valence-electron chi connectivity index (χ4n) is 1.85. The van der Waals surface area contributed by atoms with Crippen LogP contribution in [0.25, 0.3) is 0 Å². The summed E-state index contributed by atoms with van der Waals surface area (Å²) >= 11 is 5.88. The molecule has 2 N–H and O–H groups in total. The molecule has 0 fully saturated rings. The molecule has 0 atom stereocenters. The monoisotopic (exact) mass is 292 g/mol. The van der Waals surface area contributed by atoms with E-state index in [0.29, 0.717) is 11.3 Å². The van der Waals surface area contributed by atoms with Gasteiger partial charge in [-0.1, -0.05) is 11.6 Å². The predicted molar refractivity (Wildman–Crippen MR) is 80.1 cm³/mol. The van der Waals surface area contributed by atoms with Gasteiger partial charge in [0.25, 0.3) is 5.91 Å². The minimum atomic E-state index is -0.442. The Kier molecular flexibility index (Phi) is 4.25. The highest BCUT2D eigenvalue weighted by atomic mass is 35.5. The number of halogens is 2. The second-order valence-electron chi connectivity index (χ2n) is 4.36. The maximum Gasteiger partial charge on any atom is 0.255 e. The maximum atomic E-state index is 13.0. The molecule has 0 aliphatic carbocycles. The van der Waals surface area contributed by atoms with Gasteiger partial charge in [0.15, 0.2) is 0 Å². The van der Waals surface area contributed by atoms with Crippen molar-refractivity contribution in [2.75, 3.05) is 17.7 Å².